The molecule has 26 heavy (non-hydrogen) atoms. The van der Waals surface area contributed by atoms with E-state index < -0.39 is 15.8 Å². The second kappa shape index (κ2) is 11.4. The van der Waals surface area contributed by atoms with Gasteiger partial charge in [-0.2, -0.15) is 0 Å². The zero-order valence-corrected chi connectivity index (χ0v) is 18.9. The van der Waals surface area contributed by atoms with Crippen molar-refractivity contribution in [3.05, 3.63) is 23.2 Å². The molecule has 0 fully saturated rings. The van der Waals surface area contributed by atoms with Crippen LogP contribution in [0.25, 0.3) is 0 Å². The van der Waals surface area contributed by atoms with Gasteiger partial charge in [0, 0.05) is 18.8 Å². The number of sulfone groups is 1. The standard InChI is InChI=1S/C16H27N3O5S.HI/c1-6-17-16(19-11(2)7-8-25(5,21)22)18-10-13-9-14(12(3)24-13)15(20)23-4;/h9,11H,6-8,10H2,1-5H3,(H2,17,18,19);1H. The minimum absolute atomic E-state index is 0. The highest BCUT2D eigenvalue weighted by molar-refractivity contribution is 14.0. The summed E-state index contributed by atoms with van der Waals surface area (Å²) in [5, 5.41) is 6.25. The summed E-state index contributed by atoms with van der Waals surface area (Å²) >= 11 is 0. The van der Waals surface area contributed by atoms with E-state index in [0.717, 1.165) is 0 Å². The minimum Gasteiger partial charge on any atom is -0.465 e. The summed E-state index contributed by atoms with van der Waals surface area (Å²) < 4.78 is 32.7. The Kier molecular flexibility index (Phi) is 10.8. The van der Waals surface area contributed by atoms with Crippen LogP contribution in [-0.2, 0) is 21.1 Å². The smallest absolute Gasteiger partial charge is 0.341 e. The molecule has 0 spiro atoms. The summed E-state index contributed by atoms with van der Waals surface area (Å²) in [5.74, 6) is 1.24. The van der Waals surface area contributed by atoms with E-state index in [1.807, 2.05) is 13.8 Å². The first-order chi connectivity index (χ1) is 11.7. The lowest BCUT2D eigenvalue weighted by Gasteiger charge is -2.17. The maximum Gasteiger partial charge on any atom is 0.341 e. The summed E-state index contributed by atoms with van der Waals surface area (Å²) in [7, 11) is -1.68. The second-order valence-corrected chi connectivity index (χ2v) is 8.09. The molecule has 2 N–H and O–H groups in total. The van der Waals surface area contributed by atoms with E-state index in [1.54, 1.807) is 13.0 Å². The van der Waals surface area contributed by atoms with Crippen LogP contribution in [0.2, 0.25) is 0 Å². The van der Waals surface area contributed by atoms with Crippen LogP contribution >= 0.6 is 24.0 Å². The van der Waals surface area contributed by atoms with Crippen molar-refractivity contribution in [3.8, 4) is 0 Å². The fourth-order valence-corrected chi connectivity index (χ4v) is 2.89. The molecule has 0 bridgehead atoms. The molecule has 0 amide bonds. The van der Waals surface area contributed by atoms with Crippen molar-refractivity contribution in [3.63, 3.8) is 0 Å². The average molecular weight is 501 g/mol. The van der Waals surface area contributed by atoms with Crippen LogP contribution < -0.4 is 10.6 Å². The van der Waals surface area contributed by atoms with E-state index in [-0.39, 0.29) is 42.3 Å². The molecule has 0 aliphatic heterocycles. The first kappa shape index (κ1) is 24.7. The van der Waals surface area contributed by atoms with E-state index in [1.165, 1.54) is 13.4 Å². The van der Waals surface area contributed by atoms with Crippen molar-refractivity contribution in [2.24, 2.45) is 4.99 Å². The fourth-order valence-electron chi connectivity index (χ4n) is 2.11. The van der Waals surface area contributed by atoms with Crippen LogP contribution in [0.3, 0.4) is 0 Å². The lowest BCUT2D eigenvalue weighted by atomic mass is 10.2. The Morgan fingerprint density at radius 2 is 2.08 bits per heavy atom. The molecule has 10 heteroatoms. The summed E-state index contributed by atoms with van der Waals surface area (Å²) in [4.78, 5) is 16.0. The van der Waals surface area contributed by atoms with Crippen molar-refractivity contribution in [2.45, 2.75) is 39.8 Å². The Morgan fingerprint density at radius 1 is 1.42 bits per heavy atom. The molecule has 0 aliphatic carbocycles. The van der Waals surface area contributed by atoms with Gasteiger partial charge < -0.3 is 19.8 Å². The molecule has 1 heterocycles. The van der Waals surface area contributed by atoms with Gasteiger partial charge in [-0.05, 0) is 33.3 Å². The first-order valence-corrected chi connectivity index (χ1v) is 10.1. The van der Waals surface area contributed by atoms with E-state index in [9.17, 15) is 13.2 Å². The number of furan rings is 1. The van der Waals surface area contributed by atoms with Crippen LogP contribution in [-0.4, -0.2) is 52.1 Å². The molecule has 8 nitrogen and oxygen atoms in total. The predicted molar refractivity (Wildman–Crippen MR) is 112 cm³/mol. The third-order valence-electron chi connectivity index (χ3n) is 3.42. The van der Waals surface area contributed by atoms with Gasteiger partial charge in [-0.1, -0.05) is 0 Å². The number of rotatable bonds is 8. The Bertz CT molecular complexity index is 715. The van der Waals surface area contributed by atoms with Crippen molar-refractivity contribution in [1.29, 1.82) is 0 Å². The van der Waals surface area contributed by atoms with Crippen LogP contribution in [0.15, 0.2) is 15.5 Å². The minimum atomic E-state index is -2.99. The van der Waals surface area contributed by atoms with Crippen molar-refractivity contribution >= 4 is 45.7 Å². The van der Waals surface area contributed by atoms with Gasteiger partial charge in [0.15, 0.2) is 5.96 Å². The molecule has 0 saturated heterocycles. The Hall–Kier alpha value is -1.30. The third-order valence-corrected chi connectivity index (χ3v) is 4.39. The quantitative estimate of drug-likeness (QED) is 0.242. The maximum atomic E-state index is 11.6. The molecule has 0 aliphatic rings. The lowest BCUT2D eigenvalue weighted by molar-refractivity contribution is 0.0599. The van der Waals surface area contributed by atoms with Crippen molar-refractivity contribution < 1.29 is 22.4 Å². The Labute approximate surface area is 172 Å². The van der Waals surface area contributed by atoms with E-state index in [0.29, 0.717) is 36.0 Å². The zero-order chi connectivity index (χ0) is 19.0. The molecular formula is C16H28IN3O5S. The number of methoxy groups -OCH3 is 1. The molecule has 1 rings (SSSR count). The molecule has 150 valence electrons. The molecule has 1 unspecified atom stereocenters. The summed E-state index contributed by atoms with van der Waals surface area (Å²) in [5.41, 5.74) is 0.382. The largest absolute Gasteiger partial charge is 0.465 e. The van der Waals surface area contributed by atoms with Crippen LogP contribution in [0.1, 0.15) is 42.1 Å². The van der Waals surface area contributed by atoms with Gasteiger partial charge in [-0.15, -0.1) is 24.0 Å². The highest BCUT2D eigenvalue weighted by Gasteiger charge is 2.15. The monoisotopic (exact) mass is 501 g/mol. The SMILES string of the molecule is CCNC(=NCc1cc(C(=O)OC)c(C)o1)NC(C)CCS(C)(=O)=O.I. The second-order valence-electron chi connectivity index (χ2n) is 5.83. The number of nitrogens with one attached hydrogen (secondary N) is 2. The van der Waals surface area contributed by atoms with Crippen molar-refractivity contribution in [2.75, 3.05) is 25.7 Å². The third kappa shape index (κ3) is 8.88. The van der Waals surface area contributed by atoms with Crippen LogP contribution in [0.5, 0.6) is 0 Å². The highest BCUT2D eigenvalue weighted by atomic mass is 127. The number of hydrogen-bond acceptors (Lipinski definition) is 6. The molecule has 1 aromatic rings. The predicted octanol–water partition coefficient (Wildman–Crippen LogP) is 1.87. The first-order valence-electron chi connectivity index (χ1n) is 8.06. The van der Waals surface area contributed by atoms with Gasteiger partial charge in [0.05, 0.1) is 12.9 Å². The van der Waals surface area contributed by atoms with E-state index >= 15 is 0 Å². The number of halogens is 1. The summed E-state index contributed by atoms with van der Waals surface area (Å²) in [6.45, 7) is 6.42. The number of esters is 1. The molecule has 1 atom stereocenters. The van der Waals surface area contributed by atoms with Crippen LogP contribution in [0.4, 0.5) is 0 Å². The number of carbonyl (C=O) groups excluding carboxylic acids is 1. The lowest BCUT2D eigenvalue weighted by Crippen LogP contribution is -2.42. The van der Waals surface area contributed by atoms with Gasteiger partial charge in [0.25, 0.3) is 0 Å². The average Bonchev–Trinajstić information content (AvgIpc) is 2.90. The number of aryl methyl sites for hydroxylation is 1. The molecule has 0 saturated carbocycles. The van der Waals surface area contributed by atoms with Gasteiger partial charge in [0.1, 0.15) is 33.5 Å². The molecule has 0 aromatic carbocycles. The maximum absolute atomic E-state index is 11.6. The highest BCUT2D eigenvalue weighted by Crippen LogP contribution is 2.16. The Morgan fingerprint density at radius 3 is 2.62 bits per heavy atom. The van der Waals surface area contributed by atoms with Crippen molar-refractivity contribution in [1.82, 2.24) is 10.6 Å². The summed E-state index contributed by atoms with van der Waals surface area (Å²) in [6.07, 6.45) is 1.70. The normalized spacial score (nSPS) is 12.9. The molecule has 0 radical (unpaired) electrons. The van der Waals surface area contributed by atoms with Gasteiger partial charge >= 0.3 is 5.97 Å². The molecular weight excluding hydrogens is 473 g/mol. The number of aliphatic imine (C=N–C) groups is 1. The number of nitrogens with zero attached hydrogens (tertiary/aromatic N) is 1. The van der Waals surface area contributed by atoms with E-state index in [2.05, 4.69) is 15.6 Å². The van der Waals surface area contributed by atoms with Gasteiger partial charge in [-0.3, -0.25) is 0 Å². The van der Waals surface area contributed by atoms with Crippen LogP contribution in [0, 0.1) is 6.92 Å². The number of carbonyl (C=O) groups is 1. The van der Waals surface area contributed by atoms with Gasteiger partial charge in [0.2, 0.25) is 0 Å². The topological polar surface area (TPSA) is 110 Å². The van der Waals surface area contributed by atoms with E-state index in [4.69, 9.17) is 9.15 Å². The molecule has 1 aromatic heterocycles. The Balaban J connectivity index is 0.00000625. The number of hydrogen-bond donors (Lipinski definition) is 2. The van der Waals surface area contributed by atoms with Gasteiger partial charge in [-0.25, -0.2) is 18.2 Å². The fraction of sp³-hybridized carbons (Fsp3) is 0.625. The zero-order valence-electron chi connectivity index (χ0n) is 15.8. The summed E-state index contributed by atoms with van der Waals surface area (Å²) in [6, 6.07) is 1.55. The number of guanidine groups is 1. The number of ether oxygens (including phenoxy) is 1.